The van der Waals surface area contributed by atoms with Crippen molar-refractivity contribution in [3.63, 3.8) is 0 Å². The summed E-state index contributed by atoms with van der Waals surface area (Å²) in [5.74, 6) is 0.278. The van der Waals surface area contributed by atoms with E-state index < -0.39 is 0 Å². The molecule has 0 radical (unpaired) electrons. The fraction of sp³-hybridized carbons (Fsp3) is 0.438. The summed E-state index contributed by atoms with van der Waals surface area (Å²) in [6.07, 6.45) is 0.660. The summed E-state index contributed by atoms with van der Waals surface area (Å²) in [5, 5.41) is 8.71. The fourth-order valence-electron chi connectivity index (χ4n) is 2.46. The van der Waals surface area contributed by atoms with Crippen molar-refractivity contribution in [2.75, 3.05) is 6.61 Å². The van der Waals surface area contributed by atoms with Gasteiger partial charge in [0.15, 0.2) is 11.0 Å². The average molecular weight is 335 g/mol. The Labute approximate surface area is 138 Å². The van der Waals surface area contributed by atoms with Crippen molar-refractivity contribution in [1.29, 1.82) is 0 Å². The molecule has 1 aliphatic rings. The molecule has 2 aromatic rings. The Kier molecular flexibility index (Phi) is 4.66. The molecule has 0 aliphatic carbocycles. The van der Waals surface area contributed by atoms with Crippen molar-refractivity contribution in [3.8, 4) is 11.4 Å². The first-order valence-corrected chi connectivity index (χ1v) is 8.45. The highest BCUT2D eigenvalue weighted by atomic mass is 32.2. The number of hydrogen-bond donors (Lipinski definition) is 0. The third-order valence-electron chi connectivity index (χ3n) is 3.51. The number of nitrogens with zero attached hydrogens (tertiary/aromatic N) is 3. The van der Waals surface area contributed by atoms with E-state index >= 15 is 0 Å². The second-order valence-corrected chi connectivity index (χ2v) is 7.02. The van der Waals surface area contributed by atoms with Crippen molar-refractivity contribution >= 4 is 17.7 Å². The van der Waals surface area contributed by atoms with Crippen LogP contribution in [0.3, 0.4) is 0 Å². The zero-order valence-electron chi connectivity index (χ0n) is 13.0. The molecule has 0 amide bonds. The van der Waals surface area contributed by atoms with Gasteiger partial charge in [0.2, 0.25) is 0 Å². The number of hydrogen-bond acceptors (Lipinski definition) is 5. The molecule has 1 aromatic heterocycles. The first-order chi connectivity index (χ1) is 11.1. The lowest BCUT2D eigenvalue weighted by Gasteiger charge is -2.13. The number of halogens is 1. The van der Waals surface area contributed by atoms with Crippen LogP contribution in [-0.2, 0) is 16.1 Å². The molecule has 5 nitrogen and oxygen atoms in total. The molecule has 0 saturated carbocycles. The van der Waals surface area contributed by atoms with Gasteiger partial charge in [0.1, 0.15) is 11.1 Å². The van der Waals surface area contributed by atoms with Crippen LogP contribution in [0.5, 0.6) is 0 Å². The van der Waals surface area contributed by atoms with Crippen molar-refractivity contribution in [2.45, 2.75) is 37.2 Å². The number of rotatable bonds is 5. The highest BCUT2D eigenvalue weighted by molar-refractivity contribution is 8.00. The number of esters is 1. The number of benzene rings is 1. The van der Waals surface area contributed by atoms with E-state index in [0.29, 0.717) is 42.0 Å². The van der Waals surface area contributed by atoms with E-state index in [-0.39, 0.29) is 17.0 Å². The van der Waals surface area contributed by atoms with E-state index in [1.165, 1.54) is 17.8 Å². The lowest BCUT2D eigenvalue weighted by Crippen LogP contribution is -2.13. The Morgan fingerprint density at radius 3 is 2.83 bits per heavy atom. The maximum absolute atomic E-state index is 14.1. The molecule has 122 valence electrons. The molecule has 1 fully saturated rings. The van der Waals surface area contributed by atoms with Crippen molar-refractivity contribution < 1.29 is 13.9 Å². The van der Waals surface area contributed by atoms with Gasteiger partial charge in [-0.1, -0.05) is 37.7 Å². The highest BCUT2D eigenvalue weighted by Crippen LogP contribution is 2.32. The van der Waals surface area contributed by atoms with E-state index in [9.17, 15) is 9.18 Å². The maximum atomic E-state index is 14.1. The van der Waals surface area contributed by atoms with Gasteiger partial charge in [-0.3, -0.25) is 4.79 Å². The summed E-state index contributed by atoms with van der Waals surface area (Å²) in [6, 6.07) is 6.51. The number of ether oxygens (including phenoxy) is 1. The minimum absolute atomic E-state index is 0.221. The van der Waals surface area contributed by atoms with Crippen LogP contribution in [0.15, 0.2) is 29.4 Å². The molecule has 0 bridgehead atoms. The van der Waals surface area contributed by atoms with Gasteiger partial charge in [0.25, 0.3) is 0 Å². The number of thioether (sulfide) groups is 1. The Balaban J connectivity index is 1.97. The molecule has 1 aromatic carbocycles. The van der Waals surface area contributed by atoms with E-state index in [1.54, 1.807) is 18.2 Å². The van der Waals surface area contributed by atoms with Gasteiger partial charge in [-0.2, -0.15) is 0 Å². The van der Waals surface area contributed by atoms with Crippen LogP contribution in [-0.4, -0.2) is 32.6 Å². The van der Waals surface area contributed by atoms with Crippen molar-refractivity contribution in [3.05, 3.63) is 30.1 Å². The number of carbonyl (C=O) groups excluding carboxylic acids is 1. The lowest BCUT2D eigenvalue weighted by atomic mass is 10.2. The van der Waals surface area contributed by atoms with Crippen LogP contribution >= 0.6 is 11.8 Å². The van der Waals surface area contributed by atoms with Crippen LogP contribution in [0.1, 0.15) is 20.3 Å². The van der Waals surface area contributed by atoms with Crippen molar-refractivity contribution in [1.82, 2.24) is 14.8 Å². The molecule has 1 saturated heterocycles. The molecule has 2 heterocycles. The maximum Gasteiger partial charge on any atom is 0.319 e. The Bertz CT molecular complexity index is 717. The van der Waals surface area contributed by atoms with Crippen LogP contribution in [0.25, 0.3) is 11.4 Å². The predicted octanol–water partition coefficient (Wildman–Crippen LogP) is 3.15. The van der Waals surface area contributed by atoms with Crippen LogP contribution < -0.4 is 0 Å². The molecular weight excluding hydrogens is 317 g/mol. The van der Waals surface area contributed by atoms with Gasteiger partial charge in [-0.25, -0.2) is 4.39 Å². The summed E-state index contributed by atoms with van der Waals surface area (Å²) in [6.45, 7) is 5.24. The summed E-state index contributed by atoms with van der Waals surface area (Å²) >= 11 is 1.34. The molecule has 23 heavy (non-hydrogen) atoms. The van der Waals surface area contributed by atoms with Gasteiger partial charge >= 0.3 is 5.97 Å². The molecule has 3 rings (SSSR count). The largest absolute Gasteiger partial charge is 0.465 e. The minimum Gasteiger partial charge on any atom is -0.465 e. The number of aromatic nitrogens is 3. The standard InChI is InChI=1S/C16H18FN3O2S/c1-10(2)9-20-14(11-5-3-4-6-12(11)17)18-19-16(20)23-13-7-8-22-15(13)21/h3-6,10,13H,7-9H2,1-2H3. The molecule has 1 unspecified atom stereocenters. The molecule has 0 N–H and O–H groups in total. The number of carbonyl (C=O) groups is 1. The molecule has 0 spiro atoms. The van der Waals surface area contributed by atoms with Gasteiger partial charge in [-0.15, -0.1) is 10.2 Å². The smallest absolute Gasteiger partial charge is 0.319 e. The summed E-state index contributed by atoms with van der Waals surface area (Å²) < 4.78 is 21.0. The lowest BCUT2D eigenvalue weighted by molar-refractivity contribution is -0.137. The van der Waals surface area contributed by atoms with Gasteiger partial charge in [0, 0.05) is 13.0 Å². The average Bonchev–Trinajstić information content (AvgIpc) is 3.08. The highest BCUT2D eigenvalue weighted by Gasteiger charge is 2.30. The van der Waals surface area contributed by atoms with E-state index in [2.05, 4.69) is 24.0 Å². The predicted molar refractivity (Wildman–Crippen MR) is 85.5 cm³/mol. The fourth-order valence-corrected chi connectivity index (χ4v) is 3.47. The first kappa shape index (κ1) is 16.0. The van der Waals surface area contributed by atoms with Crippen LogP contribution in [0.4, 0.5) is 4.39 Å². The Morgan fingerprint density at radius 2 is 2.17 bits per heavy atom. The van der Waals surface area contributed by atoms with Gasteiger partial charge < -0.3 is 9.30 Å². The number of cyclic esters (lactones) is 1. The molecule has 7 heteroatoms. The van der Waals surface area contributed by atoms with E-state index in [4.69, 9.17) is 4.74 Å². The summed E-state index contributed by atoms with van der Waals surface area (Å²) in [7, 11) is 0. The summed E-state index contributed by atoms with van der Waals surface area (Å²) in [4.78, 5) is 11.7. The Hall–Kier alpha value is -1.89. The zero-order chi connectivity index (χ0) is 16.4. The first-order valence-electron chi connectivity index (χ1n) is 7.57. The third-order valence-corrected chi connectivity index (χ3v) is 4.74. The SMILES string of the molecule is CC(C)Cn1c(SC2CCOC2=O)nnc1-c1ccccc1F. The van der Waals surface area contributed by atoms with Crippen molar-refractivity contribution in [2.24, 2.45) is 5.92 Å². The van der Waals surface area contributed by atoms with Crippen LogP contribution in [0.2, 0.25) is 0 Å². The van der Waals surface area contributed by atoms with E-state index in [1.807, 2.05) is 4.57 Å². The monoisotopic (exact) mass is 335 g/mol. The van der Waals surface area contributed by atoms with E-state index in [0.717, 1.165) is 0 Å². The second kappa shape index (κ2) is 6.70. The Morgan fingerprint density at radius 1 is 1.39 bits per heavy atom. The second-order valence-electron chi connectivity index (χ2n) is 5.85. The molecule has 1 atom stereocenters. The normalized spacial score (nSPS) is 17.7. The topological polar surface area (TPSA) is 57.0 Å². The van der Waals surface area contributed by atoms with Gasteiger partial charge in [-0.05, 0) is 18.1 Å². The third kappa shape index (κ3) is 3.39. The van der Waals surface area contributed by atoms with Gasteiger partial charge in [0.05, 0.1) is 12.2 Å². The van der Waals surface area contributed by atoms with Crippen LogP contribution in [0, 0.1) is 11.7 Å². The minimum atomic E-state index is -0.332. The zero-order valence-corrected chi connectivity index (χ0v) is 13.8. The summed E-state index contributed by atoms with van der Waals surface area (Å²) in [5.41, 5.74) is 0.418. The molecular formula is C16H18FN3O2S. The molecule has 1 aliphatic heterocycles. The quantitative estimate of drug-likeness (QED) is 0.786.